The Kier molecular flexibility index (Phi) is 5.29. The maximum absolute atomic E-state index is 13.1. The number of pyridine rings is 1. The second-order valence-corrected chi connectivity index (χ2v) is 7.45. The van der Waals surface area contributed by atoms with Gasteiger partial charge in [-0.15, -0.1) is 0 Å². The van der Waals surface area contributed by atoms with E-state index in [0.717, 1.165) is 24.1 Å². The van der Waals surface area contributed by atoms with Crippen molar-refractivity contribution in [2.75, 3.05) is 37.6 Å². The molecule has 0 spiro atoms. The number of aryl methyl sites for hydroxylation is 1. The highest BCUT2D eigenvalue weighted by molar-refractivity contribution is 6.08. The molecule has 150 valence electrons. The van der Waals surface area contributed by atoms with Gasteiger partial charge in [-0.2, -0.15) is 0 Å². The number of carbonyl (C=O) groups excluding carboxylic acids is 3. The smallest absolute Gasteiger partial charge is 0.259 e. The van der Waals surface area contributed by atoms with Crippen LogP contribution in [0.4, 0.5) is 5.69 Å². The largest absolute Gasteiger partial charge is 0.339 e. The fraction of sp³-hybridized carbons (Fsp3) is 0.364. The summed E-state index contributed by atoms with van der Waals surface area (Å²) in [5.74, 6) is -0.275. The van der Waals surface area contributed by atoms with Gasteiger partial charge in [-0.3, -0.25) is 19.4 Å². The van der Waals surface area contributed by atoms with Gasteiger partial charge in [0.25, 0.3) is 11.8 Å². The number of carbonyl (C=O) groups is 3. The molecule has 1 aromatic heterocycles. The van der Waals surface area contributed by atoms with Crippen molar-refractivity contribution >= 4 is 23.4 Å². The zero-order valence-electron chi connectivity index (χ0n) is 16.5. The van der Waals surface area contributed by atoms with Gasteiger partial charge in [0, 0.05) is 57.7 Å². The average Bonchev–Trinajstić information content (AvgIpc) is 2.78. The van der Waals surface area contributed by atoms with E-state index in [1.165, 1.54) is 19.3 Å². The van der Waals surface area contributed by atoms with Crippen LogP contribution in [0.1, 0.15) is 39.6 Å². The maximum atomic E-state index is 13.1. The molecule has 0 saturated carbocycles. The standard InChI is InChI=1S/C22H24N4O3/c1-16(27)24-9-11-25(12-10-24)21(28)18-13-19(15-23-14-18)22(29)26-8-4-6-17-5-2-3-7-20(17)26/h2-3,5,7,13-15H,4,6,8-12H2,1H3. The Morgan fingerprint density at radius 2 is 1.52 bits per heavy atom. The quantitative estimate of drug-likeness (QED) is 0.783. The lowest BCUT2D eigenvalue weighted by atomic mass is 10.0. The molecule has 0 bridgehead atoms. The molecule has 2 aliphatic rings. The zero-order valence-corrected chi connectivity index (χ0v) is 16.5. The predicted octanol–water partition coefficient (Wildman–Crippen LogP) is 1.98. The lowest BCUT2D eigenvalue weighted by Gasteiger charge is -2.34. The molecule has 29 heavy (non-hydrogen) atoms. The highest BCUT2D eigenvalue weighted by Crippen LogP contribution is 2.28. The van der Waals surface area contributed by atoms with Crippen LogP contribution >= 0.6 is 0 Å². The summed E-state index contributed by atoms with van der Waals surface area (Å²) in [5.41, 5.74) is 2.91. The molecule has 1 saturated heterocycles. The molecule has 0 unspecified atom stereocenters. The first-order chi connectivity index (χ1) is 14.0. The van der Waals surface area contributed by atoms with Crippen LogP contribution in [0.15, 0.2) is 42.7 Å². The molecule has 1 fully saturated rings. The molecule has 0 N–H and O–H groups in total. The van der Waals surface area contributed by atoms with Gasteiger partial charge in [-0.25, -0.2) is 0 Å². The summed E-state index contributed by atoms with van der Waals surface area (Å²) in [4.78, 5) is 46.9. The molecule has 3 amide bonds. The van der Waals surface area contributed by atoms with E-state index in [1.54, 1.807) is 20.8 Å². The van der Waals surface area contributed by atoms with Crippen LogP contribution < -0.4 is 4.90 Å². The van der Waals surface area contributed by atoms with Crippen molar-refractivity contribution in [3.05, 3.63) is 59.4 Å². The summed E-state index contributed by atoms with van der Waals surface area (Å²) in [5, 5.41) is 0. The maximum Gasteiger partial charge on any atom is 0.259 e. The van der Waals surface area contributed by atoms with Gasteiger partial charge in [0.15, 0.2) is 0 Å². The van der Waals surface area contributed by atoms with E-state index in [2.05, 4.69) is 4.98 Å². The fourth-order valence-electron chi connectivity index (χ4n) is 3.98. The van der Waals surface area contributed by atoms with Gasteiger partial charge >= 0.3 is 0 Å². The summed E-state index contributed by atoms with van der Waals surface area (Å²) in [6.07, 6.45) is 4.89. The van der Waals surface area contributed by atoms with Crippen LogP contribution in [-0.2, 0) is 11.2 Å². The Morgan fingerprint density at radius 1 is 0.862 bits per heavy atom. The van der Waals surface area contributed by atoms with E-state index in [4.69, 9.17) is 0 Å². The number of fused-ring (bicyclic) bond motifs is 1. The van der Waals surface area contributed by atoms with Crippen LogP contribution in [0.2, 0.25) is 0 Å². The van der Waals surface area contributed by atoms with Crippen LogP contribution in [0.25, 0.3) is 0 Å². The Morgan fingerprint density at radius 3 is 2.24 bits per heavy atom. The van der Waals surface area contributed by atoms with Crippen molar-refractivity contribution in [2.24, 2.45) is 0 Å². The second-order valence-electron chi connectivity index (χ2n) is 7.45. The Labute approximate surface area is 169 Å². The molecule has 3 heterocycles. The molecule has 0 radical (unpaired) electrons. The molecule has 1 aromatic carbocycles. The lowest BCUT2D eigenvalue weighted by Crippen LogP contribution is -2.50. The summed E-state index contributed by atoms with van der Waals surface area (Å²) in [7, 11) is 0. The van der Waals surface area contributed by atoms with E-state index in [1.807, 2.05) is 24.3 Å². The van der Waals surface area contributed by atoms with Crippen molar-refractivity contribution in [1.29, 1.82) is 0 Å². The third kappa shape index (κ3) is 3.85. The number of piperazine rings is 1. The van der Waals surface area contributed by atoms with Gasteiger partial charge in [0.2, 0.25) is 5.91 Å². The van der Waals surface area contributed by atoms with Crippen LogP contribution in [0, 0.1) is 0 Å². The molecule has 7 heteroatoms. The first kappa shape index (κ1) is 19.1. The number of aromatic nitrogens is 1. The molecule has 0 atom stereocenters. The van der Waals surface area contributed by atoms with Gasteiger partial charge in [0.05, 0.1) is 11.1 Å². The first-order valence-corrected chi connectivity index (χ1v) is 9.94. The minimum Gasteiger partial charge on any atom is -0.339 e. The predicted molar refractivity (Wildman–Crippen MR) is 109 cm³/mol. The van der Waals surface area contributed by atoms with E-state index in [-0.39, 0.29) is 17.7 Å². The lowest BCUT2D eigenvalue weighted by molar-refractivity contribution is -0.130. The van der Waals surface area contributed by atoms with Gasteiger partial charge in [-0.1, -0.05) is 18.2 Å². The normalized spacial score (nSPS) is 16.4. The van der Waals surface area contributed by atoms with Gasteiger partial charge in [-0.05, 0) is 30.5 Å². The van der Waals surface area contributed by atoms with Crippen LogP contribution in [0.3, 0.4) is 0 Å². The van der Waals surface area contributed by atoms with Crippen molar-refractivity contribution in [2.45, 2.75) is 19.8 Å². The summed E-state index contributed by atoms with van der Waals surface area (Å²) in [6, 6.07) is 9.56. The van der Waals surface area contributed by atoms with Crippen LogP contribution in [-0.4, -0.2) is 65.2 Å². The van der Waals surface area contributed by atoms with Crippen LogP contribution in [0.5, 0.6) is 0 Å². The number of para-hydroxylation sites is 1. The number of hydrogen-bond acceptors (Lipinski definition) is 4. The third-order valence-corrected chi connectivity index (χ3v) is 5.60. The fourth-order valence-corrected chi connectivity index (χ4v) is 3.98. The van der Waals surface area contributed by atoms with Gasteiger partial charge in [0.1, 0.15) is 0 Å². The number of nitrogens with zero attached hydrogens (tertiary/aromatic N) is 4. The van der Waals surface area contributed by atoms with Crippen molar-refractivity contribution in [3.8, 4) is 0 Å². The number of hydrogen-bond donors (Lipinski definition) is 0. The zero-order chi connectivity index (χ0) is 20.4. The minimum atomic E-state index is -0.158. The topological polar surface area (TPSA) is 73.8 Å². The summed E-state index contributed by atoms with van der Waals surface area (Å²) < 4.78 is 0. The number of benzene rings is 1. The second kappa shape index (κ2) is 8.03. The van der Waals surface area contributed by atoms with E-state index in [9.17, 15) is 14.4 Å². The number of rotatable bonds is 2. The molecule has 7 nitrogen and oxygen atoms in total. The first-order valence-electron chi connectivity index (χ1n) is 9.94. The van der Waals surface area contributed by atoms with E-state index >= 15 is 0 Å². The Balaban J connectivity index is 1.51. The minimum absolute atomic E-state index is 0.0215. The summed E-state index contributed by atoms with van der Waals surface area (Å²) >= 11 is 0. The molecule has 0 aliphatic carbocycles. The molecular formula is C22H24N4O3. The van der Waals surface area contributed by atoms with Gasteiger partial charge < -0.3 is 14.7 Å². The Bertz CT molecular complexity index is 951. The SMILES string of the molecule is CC(=O)N1CCN(C(=O)c2cncc(C(=O)N3CCCc4ccccc43)c2)CC1. The Hall–Kier alpha value is -3.22. The van der Waals surface area contributed by atoms with Crippen molar-refractivity contribution in [3.63, 3.8) is 0 Å². The number of anilines is 1. The number of amides is 3. The van der Waals surface area contributed by atoms with Crippen molar-refractivity contribution in [1.82, 2.24) is 14.8 Å². The highest BCUT2D eigenvalue weighted by Gasteiger charge is 2.26. The molecular weight excluding hydrogens is 368 g/mol. The molecule has 2 aromatic rings. The monoisotopic (exact) mass is 392 g/mol. The molecule has 4 rings (SSSR count). The average molecular weight is 392 g/mol. The molecule has 2 aliphatic heterocycles. The highest BCUT2D eigenvalue weighted by atomic mass is 16.2. The summed E-state index contributed by atoms with van der Waals surface area (Å²) in [6.45, 7) is 4.21. The van der Waals surface area contributed by atoms with E-state index in [0.29, 0.717) is 43.9 Å². The van der Waals surface area contributed by atoms with Crippen molar-refractivity contribution < 1.29 is 14.4 Å². The third-order valence-electron chi connectivity index (χ3n) is 5.60. The van der Waals surface area contributed by atoms with E-state index < -0.39 is 0 Å².